The van der Waals surface area contributed by atoms with Gasteiger partial charge in [0, 0.05) is 22.2 Å². The van der Waals surface area contributed by atoms with E-state index in [4.69, 9.17) is 10.5 Å². The van der Waals surface area contributed by atoms with Gasteiger partial charge in [-0.1, -0.05) is 40.5 Å². The van der Waals surface area contributed by atoms with Crippen molar-refractivity contribution in [2.75, 3.05) is 0 Å². The van der Waals surface area contributed by atoms with E-state index in [1.807, 2.05) is 26.0 Å². The number of benzene rings is 2. The maximum absolute atomic E-state index is 9.54. The first kappa shape index (κ1) is 30.8. The number of aromatic hydroxyl groups is 2. The van der Waals surface area contributed by atoms with Crippen molar-refractivity contribution in [1.82, 2.24) is 9.97 Å². The van der Waals surface area contributed by atoms with Gasteiger partial charge in [-0.2, -0.15) is 10.5 Å². The minimum Gasteiger partial charge on any atom is -0.506 e. The third-order valence-corrected chi connectivity index (χ3v) is 4.19. The molecule has 0 aliphatic carbocycles. The maximum Gasteiger partial charge on any atom is 0.141 e. The number of rotatable bonds is 0. The van der Waals surface area contributed by atoms with Gasteiger partial charge in [0.05, 0.1) is 23.3 Å². The number of phenolic OH excluding ortho intramolecular Hbond substituents is 2. The highest BCUT2D eigenvalue weighted by Gasteiger charge is 2.06. The largest absolute Gasteiger partial charge is 0.506 e. The summed E-state index contributed by atoms with van der Waals surface area (Å²) in [6.45, 7) is 12.2. The minimum absolute atomic E-state index is 0. The van der Waals surface area contributed by atoms with Crippen molar-refractivity contribution in [1.29, 1.82) is 10.5 Å². The second-order valence-corrected chi connectivity index (χ2v) is 7.60. The average molecular weight is 475 g/mol. The number of phenols is 2. The molecule has 4 N–H and O–H groups in total. The normalized spacial score (nSPS) is 9.03. The van der Waals surface area contributed by atoms with Crippen LogP contribution in [0.5, 0.6) is 11.5 Å². The Morgan fingerprint density at radius 2 is 0.943 bits per heavy atom. The number of nitriles is 2. The summed E-state index contributed by atoms with van der Waals surface area (Å²) in [6, 6.07) is 17.5. The topological polar surface area (TPSA) is 145 Å². The molecule has 0 radical (unpaired) electrons. The summed E-state index contributed by atoms with van der Waals surface area (Å²) in [5.74, 6) is 0.227. The molecule has 0 saturated heterocycles. The molecule has 35 heavy (non-hydrogen) atoms. The summed E-state index contributed by atoms with van der Waals surface area (Å²) in [4.78, 5) is 8.37. The van der Waals surface area contributed by atoms with E-state index < -0.39 is 0 Å². The fourth-order valence-corrected chi connectivity index (χ4v) is 2.80. The minimum atomic E-state index is 0. The van der Waals surface area contributed by atoms with E-state index in [-0.39, 0.29) is 17.0 Å². The van der Waals surface area contributed by atoms with Crippen LogP contribution in [0.25, 0.3) is 21.8 Å². The first-order valence-corrected chi connectivity index (χ1v) is 11.3. The number of aryl methyl sites for hydroxylation is 2. The van der Waals surface area contributed by atoms with E-state index >= 15 is 0 Å². The van der Waals surface area contributed by atoms with E-state index in [9.17, 15) is 10.2 Å². The van der Waals surface area contributed by atoms with Gasteiger partial charge in [0.25, 0.3) is 0 Å². The molecule has 0 amide bonds. The van der Waals surface area contributed by atoms with E-state index in [0.29, 0.717) is 32.9 Å². The van der Waals surface area contributed by atoms with E-state index in [1.165, 1.54) is 25.0 Å². The molecule has 0 spiro atoms. The van der Waals surface area contributed by atoms with Crippen LogP contribution in [0.4, 0.5) is 0 Å². The van der Waals surface area contributed by atoms with Crippen LogP contribution in [0.2, 0.25) is 0 Å². The van der Waals surface area contributed by atoms with Crippen molar-refractivity contribution in [3.8, 4) is 23.6 Å². The Morgan fingerprint density at radius 3 is 1.23 bits per heavy atom. The SMILES string of the molecule is CCC.CCC.Cc1ccc2c(C#N)ccc(O)c2n1.Cc1ccc2c(C#N)ccc(O)c2n1.O. The standard InChI is InChI=1S/2C11H8N2O.2C3H8.H2O/c2*1-7-2-4-9-8(6-12)3-5-10(14)11(9)13-7;2*1-3-2;/h2*2-5,14H,1H3;2*3H2,1-2H3;1H2. The van der Waals surface area contributed by atoms with Crippen molar-refractivity contribution in [2.24, 2.45) is 0 Å². The van der Waals surface area contributed by atoms with Crippen LogP contribution in [0, 0.1) is 36.5 Å². The Hall–Kier alpha value is -4.20. The molecule has 0 unspecified atom stereocenters. The number of hydrogen-bond donors (Lipinski definition) is 2. The van der Waals surface area contributed by atoms with Crippen molar-refractivity contribution in [3.05, 3.63) is 71.0 Å². The first-order valence-electron chi connectivity index (χ1n) is 11.3. The summed E-state index contributed by atoms with van der Waals surface area (Å²) in [7, 11) is 0. The molecular weight excluding hydrogens is 440 g/mol. The number of fused-ring (bicyclic) bond motifs is 2. The average Bonchev–Trinajstić information content (AvgIpc) is 2.82. The first-order chi connectivity index (χ1) is 16.3. The van der Waals surface area contributed by atoms with Gasteiger partial charge in [-0.25, -0.2) is 9.97 Å². The number of pyridine rings is 2. The molecule has 2 aromatic carbocycles. The summed E-state index contributed by atoms with van der Waals surface area (Å²) in [5.41, 5.74) is 3.69. The molecule has 0 fully saturated rings. The van der Waals surface area contributed by atoms with Gasteiger partial charge in [-0.05, 0) is 62.4 Å². The van der Waals surface area contributed by atoms with Crippen molar-refractivity contribution >= 4 is 21.8 Å². The maximum atomic E-state index is 9.54. The number of hydrogen-bond acceptors (Lipinski definition) is 6. The second kappa shape index (κ2) is 15.6. The monoisotopic (exact) mass is 474 g/mol. The van der Waals surface area contributed by atoms with Gasteiger partial charge in [-0.3, -0.25) is 0 Å². The molecule has 2 aromatic heterocycles. The molecule has 4 rings (SSSR count). The summed E-state index contributed by atoms with van der Waals surface area (Å²) in [5, 5.41) is 38.1. The molecule has 0 aliphatic rings. The number of nitrogens with zero attached hydrogens (tertiary/aromatic N) is 4. The zero-order chi connectivity index (χ0) is 25.7. The molecule has 184 valence electrons. The van der Waals surface area contributed by atoms with E-state index in [0.717, 1.165) is 11.4 Å². The Morgan fingerprint density at radius 1 is 0.629 bits per heavy atom. The molecule has 0 bridgehead atoms. The van der Waals surface area contributed by atoms with Crippen LogP contribution in [0.15, 0.2) is 48.5 Å². The third kappa shape index (κ3) is 8.58. The lowest BCUT2D eigenvalue weighted by Gasteiger charge is -2.02. The Labute approximate surface area is 207 Å². The smallest absolute Gasteiger partial charge is 0.141 e. The predicted molar refractivity (Wildman–Crippen MR) is 141 cm³/mol. The van der Waals surface area contributed by atoms with E-state index in [2.05, 4.69) is 49.8 Å². The lowest BCUT2D eigenvalue weighted by atomic mass is 10.1. The molecule has 0 atom stereocenters. The van der Waals surface area contributed by atoms with Crippen LogP contribution in [-0.2, 0) is 0 Å². The molecule has 7 heteroatoms. The molecule has 0 aliphatic heterocycles. The van der Waals surface area contributed by atoms with Gasteiger partial charge in [0.15, 0.2) is 0 Å². The number of aromatic nitrogens is 2. The predicted octanol–water partition coefficient (Wildman–Crippen LogP) is 6.25. The van der Waals surface area contributed by atoms with Crippen molar-refractivity contribution in [3.63, 3.8) is 0 Å². The zero-order valence-corrected chi connectivity index (χ0v) is 21.2. The third-order valence-electron chi connectivity index (χ3n) is 4.19. The van der Waals surface area contributed by atoms with Crippen LogP contribution in [0.3, 0.4) is 0 Å². The summed E-state index contributed by atoms with van der Waals surface area (Å²) in [6.07, 6.45) is 2.50. The Balaban J connectivity index is 0.000000528. The lowest BCUT2D eigenvalue weighted by molar-refractivity contribution is 0.479. The molecule has 0 saturated carbocycles. The lowest BCUT2D eigenvalue weighted by Crippen LogP contribution is -1.86. The fourth-order valence-electron chi connectivity index (χ4n) is 2.80. The highest BCUT2D eigenvalue weighted by molar-refractivity contribution is 5.90. The van der Waals surface area contributed by atoms with Crippen molar-refractivity contribution in [2.45, 2.75) is 54.4 Å². The van der Waals surface area contributed by atoms with Crippen molar-refractivity contribution < 1.29 is 15.7 Å². The van der Waals surface area contributed by atoms with Crippen LogP contribution in [-0.4, -0.2) is 25.7 Å². The van der Waals surface area contributed by atoms with Crippen LogP contribution in [0.1, 0.15) is 63.1 Å². The molecule has 4 aromatic rings. The second-order valence-electron chi connectivity index (χ2n) is 7.60. The van der Waals surface area contributed by atoms with E-state index in [1.54, 1.807) is 24.3 Å². The molecule has 2 heterocycles. The Bertz CT molecular complexity index is 1220. The van der Waals surface area contributed by atoms with Gasteiger partial charge < -0.3 is 15.7 Å². The van der Waals surface area contributed by atoms with Crippen LogP contribution < -0.4 is 0 Å². The fraction of sp³-hybridized carbons (Fsp3) is 0.286. The molecular formula is C28H34N4O3. The quantitative estimate of drug-likeness (QED) is 0.308. The van der Waals surface area contributed by atoms with Gasteiger partial charge in [0.2, 0.25) is 0 Å². The van der Waals surface area contributed by atoms with Gasteiger partial charge in [-0.15, -0.1) is 0 Å². The summed E-state index contributed by atoms with van der Waals surface area (Å²) < 4.78 is 0. The van der Waals surface area contributed by atoms with Crippen LogP contribution >= 0.6 is 0 Å². The summed E-state index contributed by atoms with van der Waals surface area (Å²) >= 11 is 0. The molecule has 7 nitrogen and oxygen atoms in total. The van der Waals surface area contributed by atoms with Gasteiger partial charge >= 0.3 is 0 Å². The highest BCUT2D eigenvalue weighted by atomic mass is 16.3. The van der Waals surface area contributed by atoms with Gasteiger partial charge in [0.1, 0.15) is 22.5 Å². The zero-order valence-electron chi connectivity index (χ0n) is 21.2. The Kier molecular flexibility index (Phi) is 13.7. The highest BCUT2D eigenvalue weighted by Crippen LogP contribution is 2.26.